The first-order valence-electron chi connectivity index (χ1n) is 8.53. The molecule has 0 fully saturated rings. The first kappa shape index (κ1) is 17.6. The number of ether oxygens (including phenoxy) is 1. The number of rotatable bonds is 5. The molecule has 0 aliphatic heterocycles. The molecular weight excluding hydrogens is 370 g/mol. The number of benzene rings is 2. The molecule has 4 nitrogen and oxygen atoms in total. The number of hydrogen-bond acceptors (Lipinski definition) is 4. The van der Waals surface area contributed by atoms with Gasteiger partial charge in [0.15, 0.2) is 5.13 Å². The molecule has 0 saturated heterocycles. The van der Waals surface area contributed by atoms with Crippen molar-refractivity contribution in [2.75, 3.05) is 5.32 Å². The Morgan fingerprint density at radius 2 is 1.96 bits per heavy atom. The van der Waals surface area contributed by atoms with Crippen molar-refractivity contribution in [1.82, 2.24) is 4.98 Å². The summed E-state index contributed by atoms with van der Waals surface area (Å²) in [5.74, 6) is -0.183. The SMILES string of the molecule is O=C(Nc1nc(-c2ccccc2OC(F)F)cs1)c1ccc2c(c1)CCC2. The molecule has 0 radical (unpaired) electrons. The largest absolute Gasteiger partial charge is 0.434 e. The lowest BCUT2D eigenvalue weighted by atomic mass is 10.1. The molecule has 27 heavy (non-hydrogen) atoms. The van der Waals surface area contributed by atoms with Gasteiger partial charge in [-0.1, -0.05) is 18.2 Å². The van der Waals surface area contributed by atoms with Crippen LogP contribution >= 0.6 is 11.3 Å². The Balaban J connectivity index is 1.53. The van der Waals surface area contributed by atoms with Crippen LogP contribution in [0.2, 0.25) is 0 Å². The van der Waals surface area contributed by atoms with E-state index in [0.29, 0.717) is 22.0 Å². The van der Waals surface area contributed by atoms with Crippen LogP contribution in [0, 0.1) is 0 Å². The van der Waals surface area contributed by atoms with Crippen molar-refractivity contribution in [3.63, 3.8) is 0 Å². The van der Waals surface area contributed by atoms with E-state index in [1.165, 1.54) is 28.5 Å². The number of para-hydroxylation sites is 1. The minimum absolute atomic E-state index is 0.0503. The summed E-state index contributed by atoms with van der Waals surface area (Å²) in [4.78, 5) is 16.9. The van der Waals surface area contributed by atoms with Crippen LogP contribution in [0.1, 0.15) is 27.9 Å². The Kier molecular flexibility index (Phi) is 4.85. The van der Waals surface area contributed by atoms with E-state index in [1.807, 2.05) is 18.2 Å². The van der Waals surface area contributed by atoms with Gasteiger partial charge in [0.25, 0.3) is 5.91 Å². The second-order valence-corrected chi connectivity index (χ2v) is 7.06. The van der Waals surface area contributed by atoms with E-state index in [0.717, 1.165) is 19.3 Å². The number of anilines is 1. The molecule has 1 amide bonds. The molecule has 0 spiro atoms. The highest BCUT2D eigenvalue weighted by molar-refractivity contribution is 7.14. The minimum atomic E-state index is -2.91. The third-order valence-corrected chi connectivity index (χ3v) is 5.22. The summed E-state index contributed by atoms with van der Waals surface area (Å²) in [6.45, 7) is -2.91. The van der Waals surface area contributed by atoms with Gasteiger partial charge in [0, 0.05) is 16.5 Å². The van der Waals surface area contributed by atoms with Crippen LogP contribution in [0.5, 0.6) is 5.75 Å². The van der Waals surface area contributed by atoms with Crippen LogP contribution in [-0.2, 0) is 12.8 Å². The second kappa shape index (κ2) is 7.44. The predicted octanol–water partition coefficient (Wildman–Crippen LogP) is 5.15. The van der Waals surface area contributed by atoms with Crippen LogP contribution in [-0.4, -0.2) is 17.5 Å². The fourth-order valence-electron chi connectivity index (χ4n) is 3.21. The van der Waals surface area contributed by atoms with Gasteiger partial charge in [0.05, 0.1) is 5.69 Å². The van der Waals surface area contributed by atoms with Gasteiger partial charge in [-0.3, -0.25) is 10.1 Å². The quantitative estimate of drug-likeness (QED) is 0.660. The number of aromatic nitrogens is 1. The molecule has 0 unspecified atom stereocenters. The average Bonchev–Trinajstić information content (AvgIpc) is 3.30. The highest BCUT2D eigenvalue weighted by Gasteiger charge is 2.17. The number of carbonyl (C=O) groups is 1. The van der Waals surface area contributed by atoms with Crippen LogP contribution in [0.15, 0.2) is 47.8 Å². The van der Waals surface area contributed by atoms with Crippen molar-refractivity contribution >= 4 is 22.4 Å². The second-order valence-electron chi connectivity index (χ2n) is 6.20. The van der Waals surface area contributed by atoms with Gasteiger partial charge in [0.1, 0.15) is 5.75 Å². The third kappa shape index (κ3) is 3.83. The van der Waals surface area contributed by atoms with Crippen LogP contribution in [0.25, 0.3) is 11.3 Å². The maximum Gasteiger partial charge on any atom is 0.387 e. The normalized spacial score (nSPS) is 12.9. The molecule has 1 aliphatic carbocycles. The van der Waals surface area contributed by atoms with Gasteiger partial charge < -0.3 is 4.74 Å². The fourth-order valence-corrected chi connectivity index (χ4v) is 3.92. The van der Waals surface area contributed by atoms with E-state index in [9.17, 15) is 13.6 Å². The summed E-state index contributed by atoms with van der Waals surface area (Å²) in [6, 6.07) is 12.2. The van der Waals surface area contributed by atoms with E-state index in [4.69, 9.17) is 0 Å². The number of carbonyl (C=O) groups excluding carboxylic acids is 1. The summed E-state index contributed by atoms with van der Waals surface area (Å²) < 4.78 is 29.7. The number of amides is 1. The Bertz CT molecular complexity index is 988. The van der Waals surface area contributed by atoms with Gasteiger partial charge in [-0.05, 0) is 54.7 Å². The molecule has 0 atom stereocenters. The molecule has 0 saturated carbocycles. The van der Waals surface area contributed by atoms with E-state index < -0.39 is 6.61 Å². The van der Waals surface area contributed by atoms with Crippen LogP contribution < -0.4 is 10.1 Å². The number of nitrogens with zero attached hydrogens (tertiary/aromatic N) is 1. The summed E-state index contributed by atoms with van der Waals surface area (Å²) in [6.07, 6.45) is 3.18. The summed E-state index contributed by atoms with van der Waals surface area (Å²) in [5, 5.41) is 4.88. The summed E-state index contributed by atoms with van der Waals surface area (Å²) in [5.41, 5.74) is 4.04. The lowest BCUT2D eigenvalue weighted by Crippen LogP contribution is -2.12. The van der Waals surface area contributed by atoms with Crippen molar-refractivity contribution in [1.29, 1.82) is 0 Å². The maximum absolute atomic E-state index is 12.6. The van der Waals surface area contributed by atoms with Crippen molar-refractivity contribution in [3.05, 3.63) is 64.5 Å². The first-order valence-corrected chi connectivity index (χ1v) is 9.41. The van der Waals surface area contributed by atoms with E-state index in [1.54, 1.807) is 23.6 Å². The Hall–Kier alpha value is -2.80. The van der Waals surface area contributed by atoms with Crippen molar-refractivity contribution in [2.45, 2.75) is 25.9 Å². The molecule has 3 aromatic rings. The highest BCUT2D eigenvalue weighted by atomic mass is 32.1. The Morgan fingerprint density at radius 3 is 2.81 bits per heavy atom. The van der Waals surface area contributed by atoms with Gasteiger partial charge >= 0.3 is 6.61 Å². The van der Waals surface area contributed by atoms with E-state index >= 15 is 0 Å². The van der Waals surface area contributed by atoms with Crippen molar-refractivity contribution in [2.24, 2.45) is 0 Å². The lowest BCUT2D eigenvalue weighted by molar-refractivity contribution is -0.0494. The molecule has 0 bridgehead atoms. The summed E-state index contributed by atoms with van der Waals surface area (Å²) in [7, 11) is 0. The zero-order chi connectivity index (χ0) is 18.8. The van der Waals surface area contributed by atoms with Crippen LogP contribution in [0.3, 0.4) is 0 Å². The molecule has 1 N–H and O–H groups in total. The zero-order valence-corrected chi connectivity index (χ0v) is 15.1. The number of nitrogens with one attached hydrogen (secondary N) is 1. The molecule has 1 heterocycles. The molecular formula is C20H16F2N2O2S. The highest BCUT2D eigenvalue weighted by Crippen LogP contribution is 2.33. The standard InChI is InChI=1S/C20H16F2N2O2S/c21-19(22)26-17-7-2-1-6-15(17)16-11-27-20(23-16)24-18(25)14-9-8-12-4-3-5-13(12)10-14/h1-2,6-11,19H,3-5H2,(H,23,24,25). The molecule has 1 aliphatic rings. The number of fused-ring (bicyclic) bond motifs is 1. The van der Waals surface area contributed by atoms with Gasteiger partial charge in [-0.25, -0.2) is 4.98 Å². The Morgan fingerprint density at radius 1 is 1.15 bits per heavy atom. The monoisotopic (exact) mass is 386 g/mol. The first-order chi connectivity index (χ1) is 13.1. The number of aryl methyl sites for hydroxylation is 2. The lowest BCUT2D eigenvalue weighted by Gasteiger charge is -2.08. The zero-order valence-electron chi connectivity index (χ0n) is 14.2. The number of alkyl halides is 2. The molecule has 7 heteroatoms. The molecule has 2 aromatic carbocycles. The number of hydrogen-bond donors (Lipinski definition) is 1. The van der Waals surface area contributed by atoms with Crippen LogP contribution in [0.4, 0.5) is 13.9 Å². The maximum atomic E-state index is 12.6. The predicted molar refractivity (Wildman–Crippen MR) is 101 cm³/mol. The van der Waals surface area contributed by atoms with E-state index in [-0.39, 0.29) is 11.7 Å². The molecule has 4 rings (SSSR count). The Labute approximate surface area is 158 Å². The smallest absolute Gasteiger partial charge is 0.387 e. The van der Waals surface area contributed by atoms with Gasteiger partial charge in [-0.15, -0.1) is 11.3 Å². The van der Waals surface area contributed by atoms with E-state index in [2.05, 4.69) is 15.0 Å². The van der Waals surface area contributed by atoms with Gasteiger partial charge in [-0.2, -0.15) is 8.78 Å². The van der Waals surface area contributed by atoms with Gasteiger partial charge in [0.2, 0.25) is 0 Å². The fraction of sp³-hybridized carbons (Fsp3) is 0.200. The minimum Gasteiger partial charge on any atom is -0.434 e. The topological polar surface area (TPSA) is 51.2 Å². The average molecular weight is 386 g/mol. The molecule has 138 valence electrons. The number of thiazole rings is 1. The van der Waals surface area contributed by atoms with Crippen molar-refractivity contribution < 1.29 is 18.3 Å². The molecule has 1 aromatic heterocycles. The third-order valence-electron chi connectivity index (χ3n) is 4.46. The van der Waals surface area contributed by atoms with Crippen molar-refractivity contribution in [3.8, 4) is 17.0 Å². The number of halogens is 2. The summed E-state index contributed by atoms with van der Waals surface area (Å²) >= 11 is 1.23.